The standard InChI is InChI=1S/C18H22N2O5S2/c1-3-25-17-9-8-14(2)12-18(17)27(23,24)19-15-6-4-7-16(13-15)20-10-5-11-26(20,21)22/h4,6-9,12-13,19H,3,5,10-11H2,1-2H3. The highest BCUT2D eigenvalue weighted by atomic mass is 32.2. The van der Waals surface area contributed by atoms with Crippen LogP contribution in [0.25, 0.3) is 0 Å². The van der Waals surface area contributed by atoms with Gasteiger partial charge in [-0.25, -0.2) is 16.8 Å². The molecule has 0 saturated carbocycles. The molecule has 0 unspecified atom stereocenters. The Morgan fingerprint density at radius 2 is 1.96 bits per heavy atom. The van der Waals surface area contributed by atoms with Gasteiger partial charge in [0.1, 0.15) is 10.6 Å². The van der Waals surface area contributed by atoms with Crippen molar-refractivity contribution in [2.75, 3.05) is 27.9 Å². The van der Waals surface area contributed by atoms with E-state index in [9.17, 15) is 16.8 Å². The van der Waals surface area contributed by atoms with Crippen molar-refractivity contribution in [3.8, 4) is 5.75 Å². The van der Waals surface area contributed by atoms with Crippen LogP contribution < -0.4 is 13.8 Å². The fraction of sp³-hybridized carbons (Fsp3) is 0.333. The highest BCUT2D eigenvalue weighted by Crippen LogP contribution is 2.30. The van der Waals surface area contributed by atoms with E-state index in [1.54, 1.807) is 50.2 Å². The van der Waals surface area contributed by atoms with Gasteiger partial charge in [0.25, 0.3) is 10.0 Å². The van der Waals surface area contributed by atoms with Crippen LogP contribution in [0, 0.1) is 6.92 Å². The minimum atomic E-state index is -3.90. The van der Waals surface area contributed by atoms with Crippen molar-refractivity contribution < 1.29 is 21.6 Å². The van der Waals surface area contributed by atoms with Crippen LogP contribution in [-0.2, 0) is 20.0 Å². The summed E-state index contributed by atoms with van der Waals surface area (Å²) in [5, 5.41) is 0. The molecule has 0 aliphatic carbocycles. The maximum atomic E-state index is 12.9. The normalized spacial score (nSPS) is 16.3. The summed E-state index contributed by atoms with van der Waals surface area (Å²) in [6.45, 7) is 4.32. The first-order chi connectivity index (χ1) is 12.7. The number of benzene rings is 2. The van der Waals surface area contributed by atoms with Crippen molar-refractivity contribution in [3.63, 3.8) is 0 Å². The molecule has 0 atom stereocenters. The van der Waals surface area contributed by atoms with E-state index in [1.165, 1.54) is 10.4 Å². The van der Waals surface area contributed by atoms with Crippen molar-refractivity contribution in [2.45, 2.75) is 25.2 Å². The van der Waals surface area contributed by atoms with Gasteiger partial charge in [-0.3, -0.25) is 9.03 Å². The molecule has 0 spiro atoms. The Morgan fingerprint density at radius 1 is 1.19 bits per heavy atom. The Morgan fingerprint density at radius 3 is 2.63 bits per heavy atom. The average Bonchev–Trinajstić information content (AvgIpc) is 2.95. The van der Waals surface area contributed by atoms with Gasteiger partial charge in [-0.15, -0.1) is 0 Å². The molecule has 2 aromatic carbocycles. The van der Waals surface area contributed by atoms with Crippen LogP contribution in [-0.4, -0.2) is 35.7 Å². The summed E-state index contributed by atoms with van der Waals surface area (Å²) in [5.74, 6) is 0.373. The first kappa shape index (κ1) is 19.5. The van der Waals surface area contributed by atoms with Gasteiger partial charge in [-0.1, -0.05) is 12.1 Å². The van der Waals surface area contributed by atoms with E-state index in [1.807, 2.05) is 0 Å². The molecule has 3 rings (SSSR count). The molecular weight excluding hydrogens is 388 g/mol. The minimum Gasteiger partial charge on any atom is -0.492 e. The van der Waals surface area contributed by atoms with Gasteiger partial charge >= 0.3 is 0 Å². The predicted molar refractivity (Wildman–Crippen MR) is 105 cm³/mol. The van der Waals surface area contributed by atoms with E-state index in [0.717, 1.165) is 5.56 Å². The molecule has 0 radical (unpaired) electrons. The molecule has 27 heavy (non-hydrogen) atoms. The molecule has 146 valence electrons. The maximum Gasteiger partial charge on any atom is 0.265 e. The molecule has 0 amide bonds. The van der Waals surface area contributed by atoms with E-state index in [0.29, 0.717) is 30.9 Å². The van der Waals surface area contributed by atoms with Crippen LogP contribution in [0.2, 0.25) is 0 Å². The third-order valence-corrected chi connectivity index (χ3v) is 7.45. The summed E-state index contributed by atoms with van der Waals surface area (Å²) in [7, 11) is -7.24. The zero-order valence-electron chi connectivity index (χ0n) is 15.2. The summed E-state index contributed by atoms with van der Waals surface area (Å²) >= 11 is 0. The number of hydrogen-bond donors (Lipinski definition) is 1. The lowest BCUT2D eigenvalue weighted by Gasteiger charge is -2.18. The van der Waals surface area contributed by atoms with Gasteiger partial charge in [0.2, 0.25) is 10.0 Å². The zero-order chi connectivity index (χ0) is 19.7. The molecule has 7 nitrogen and oxygen atoms in total. The fourth-order valence-corrected chi connectivity index (χ4v) is 5.80. The van der Waals surface area contributed by atoms with E-state index in [2.05, 4.69) is 4.72 Å². The highest BCUT2D eigenvalue weighted by molar-refractivity contribution is 7.93. The number of sulfonamides is 2. The zero-order valence-corrected chi connectivity index (χ0v) is 16.8. The molecule has 1 heterocycles. The number of rotatable bonds is 6. The SMILES string of the molecule is CCOc1ccc(C)cc1S(=O)(=O)Nc1cccc(N2CCCS2(=O)=O)c1. The largest absolute Gasteiger partial charge is 0.492 e. The van der Waals surface area contributed by atoms with Crippen LogP contribution in [0.15, 0.2) is 47.4 Å². The molecule has 1 saturated heterocycles. The minimum absolute atomic E-state index is 0.0450. The van der Waals surface area contributed by atoms with Gasteiger partial charge in [-0.05, 0) is 56.2 Å². The number of ether oxygens (including phenoxy) is 1. The second-order valence-corrected chi connectivity index (χ2v) is 9.94. The lowest BCUT2D eigenvalue weighted by molar-refractivity contribution is 0.331. The lowest BCUT2D eigenvalue weighted by Crippen LogP contribution is -2.25. The third kappa shape index (κ3) is 4.19. The smallest absolute Gasteiger partial charge is 0.265 e. The van der Waals surface area contributed by atoms with E-state index < -0.39 is 20.0 Å². The topological polar surface area (TPSA) is 92.8 Å². The third-order valence-electron chi connectivity index (χ3n) is 4.17. The van der Waals surface area contributed by atoms with Gasteiger partial charge < -0.3 is 4.74 Å². The van der Waals surface area contributed by atoms with E-state index >= 15 is 0 Å². The molecule has 1 aliphatic rings. The molecule has 1 fully saturated rings. The number of nitrogens with one attached hydrogen (secondary N) is 1. The molecule has 2 aromatic rings. The average molecular weight is 411 g/mol. The summed E-state index contributed by atoms with van der Waals surface area (Å²) in [6, 6.07) is 11.3. The van der Waals surface area contributed by atoms with Gasteiger partial charge in [0, 0.05) is 6.54 Å². The number of aryl methyl sites for hydroxylation is 1. The molecule has 9 heteroatoms. The Labute approximate surface area is 160 Å². The number of hydrogen-bond acceptors (Lipinski definition) is 5. The second kappa shape index (κ2) is 7.40. The summed E-state index contributed by atoms with van der Waals surface area (Å²) in [6.07, 6.45) is 0.555. The Hall–Kier alpha value is -2.26. The van der Waals surface area contributed by atoms with Crippen LogP contribution in [0.1, 0.15) is 18.9 Å². The van der Waals surface area contributed by atoms with Crippen molar-refractivity contribution in [1.82, 2.24) is 0 Å². The maximum absolute atomic E-state index is 12.9. The van der Waals surface area contributed by atoms with Crippen LogP contribution in [0.3, 0.4) is 0 Å². The predicted octanol–water partition coefficient (Wildman–Crippen LogP) is 2.73. The van der Waals surface area contributed by atoms with E-state index in [-0.39, 0.29) is 16.4 Å². The summed E-state index contributed by atoms with van der Waals surface area (Å²) < 4.78 is 59.3. The van der Waals surface area contributed by atoms with Crippen LogP contribution in [0.5, 0.6) is 5.75 Å². The Bertz CT molecular complexity index is 1050. The Balaban J connectivity index is 1.94. The Kier molecular flexibility index (Phi) is 5.34. The summed E-state index contributed by atoms with van der Waals surface area (Å²) in [5.41, 5.74) is 1.52. The quantitative estimate of drug-likeness (QED) is 0.790. The molecule has 1 N–H and O–H groups in total. The van der Waals surface area contributed by atoms with Gasteiger partial charge in [-0.2, -0.15) is 0 Å². The fourth-order valence-electron chi connectivity index (χ4n) is 2.96. The molecule has 0 bridgehead atoms. The molecule has 0 aromatic heterocycles. The first-order valence-electron chi connectivity index (χ1n) is 8.60. The lowest BCUT2D eigenvalue weighted by atomic mass is 10.2. The van der Waals surface area contributed by atoms with Crippen molar-refractivity contribution in [3.05, 3.63) is 48.0 Å². The van der Waals surface area contributed by atoms with Crippen molar-refractivity contribution in [1.29, 1.82) is 0 Å². The van der Waals surface area contributed by atoms with E-state index in [4.69, 9.17) is 4.74 Å². The summed E-state index contributed by atoms with van der Waals surface area (Å²) in [4.78, 5) is 0.0450. The number of nitrogens with zero attached hydrogens (tertiary/aromatic N) is 1. The second-order valence-electron chi connectivity index (χ2n) is 6.28. The van der Waals surface area contributed by atoms with Crippen molar-refractivity contribution >= 4 is 31.4 Å². The van der Waals surface area contributed by atoms with Crippen LogP contribution in [0.4, 0.5) is 11.4 Å². The van der Waals surface area contributed by atoms with Gasteiger partial charge in [0.05, 0.1) is 23.7 Å². The van der Waals surface area contributed by atoms with Gasteiger partial charge in [0.15, 0.2) is 0 Å². The van der Waals surface area contributed by atoms with Crippen LogP contribution >= 0.6 is 0 Å². The number of anilines is 2. The monoisotopic (exact) mass is 410 g/mol. The highest BCUT2D eigenvalue weighted by Gasteiger charge is 2.29. The molecular formula is C18H22N2O5S2. The molecule has 1 aliphatic heterocycles. The first-order valence-corrected chi connectivity index (χ1v) is 11.7. The van der Waals surface area contributed by atoms with Crippen molar-refractivity contribution in [2.24, 2.45) is 0 Å².